The van der Waals surface area contributed by atoms with Gasteiger partial charge < -0.3 is 5.32 Å². The van der Waals surface area contributed by atoms with Crippen LogP contribution in [0.2, 0.25) is 0 Å². The van der Waals surface area contributed by atoms with Gasteiger partial charge in [0.1, 0.15) is 5.82 Å². The molecule has 2 aromatic heterocycles. The van der Waals surface area contributed by atoms with E-state index in [0.717, 1.165) is 22.3 Å². The summed E-state index contributed by atoms with van der Waals surface area (Å²) in [6, 6.07) is 8.13. The monoisotopic (exact) mass is 326 g/mol. The quantitative estimate of drug-likeness (QED) is 0.802. The van der Waals surface area contributed by atoms with E-state index in [2.05, 4.69) is 15.4 Å². The van der Waals surface area contributed by atoms with Gasteiger partial charge in [-0.2, -0.15) is 5.10 Å². The zero-order valence-electron chi connectivity index (χ0n) is 13.9. The van der Waals surface area contributed by atoms with E-state index in [9.17, 15) is 9.18 Å². The lowest BCUT2D eigenvalue weighted by atomic mass is 10.1. The molecular weight excluding hydrogens is 307 g/mol. The van der Waals surface area contributed by atoms with E-state index in [1.165, 1.54) is 12.1 Å². The fraction of sp³-hybridized carbons (Fsp3) is 0.278. The molecule has 3 aromatic rings. The molecule has 5 nitrogen and oxygen atoms in total. The molecule has 0 aliphatic carbocycles. The molecule has 0 unspecified atom stereocenters. The van der Waals surface area contributed by atoms with Gasteiger partial charge in [-0.3, -0.25) is 9.48 Å². The maximum Gasteiger partial charge on any atom is 0.253 e. The minimum atomic E-state index is -0.260. The lowest BCUT2D eigenvalue weighted by molar-refractivity contribution is 0.0953. The molecule has 0 aliphatic heterocycles. The second-order valence-corrected chi connectivity index (χ2v) is 5.83. The third-order valence-electron chi connectivity index (χ3n) is 4.05. The van der Waals surface area contributed by atoms with Crippen LogP contribution in [0.5, 0.6) is 0 Å². The minimum Gasteiger partial charge on any atom is -0.352 e. The van der Waals surface area contributed by atoms with Crippen molar-refractivity contribution < 1.29 is 9.18 Å². The number of fused-ring (bicyclic) bond motifs is 1. The van der Waals surface area contributed by atoms with E-state index in [4.69, 9.17) is 0 Å². The van der Waals surface area contributed by atoms with Gasteiger partial charge in [0, 0.05) is 19.0 Å². The van der Waals surface area contributed by atoms with Gasteiger partial charge in [-0.15, -0.1) is 0 Å². The van der Waals surface area contributed by atoms with Crippen LogP contribution >= 0.6 is 0 Å². The standard InChI is InChI=1S/C18H19FN4O/c1-11-16(10-15-12(2)22-23(3)17(15)21-11)18(24)20-9-8-13-4-6-14(19)7-5-13/h4-7,10H,8-9H2,1-3H3,(H,20,24). The largest absolute Gasteiger partial charge is 0.352 e. The van der Waals surface area contributed by atoms with E-state index < -0.39 is 0 Å². The predicted octanol–water partition coefficient (Wildman–Crippen LogP) is 2.70. The van der Waals surface area contributed by atoms with Gasteiger partial charge >= 0.3 is 0 Å². The van der Waals surface area contributed by atoms with E-state index in [1.807, 2.05) is 27.0 Å². The molecule has 2 heterocycles. The summed E-state index contributed by atoms with van der Waals surface area (Å²) in [5.41, 5.74) is 3.82. The van der Waals surface area contributed by atoms with Crippen molar-refractivity contribution in [3.63, 3.8) is 0 Å². The second-order valence-electron chi connectivity index (χ2n) is 5.83. The summed E-state index contributed by atoms with van der Waals surface area (Å²) in [5.74, 6) is -0.420. The van der Waals surface area contributed by atoms with Crippen LogP contribution in [0.15, 0.2) is 30.3 Å². The normalized spacial score (nSPS) is 11.0. The molecule has 0 atom stereocenters. The van der Waals surface area contributed by atoms with Gasteiger partial charge in [-0.05, 0) is 44.0 Å². The highest BCUT2D eigenvalue weighted by Gasteiger charge is 2.15. The average Bonchev–Trinajstić information content (AvgIpc) is 2.82. The number of nitrogens with zero attached hydrogens (tertiary/aromatic N) is 3. The predicted molar refractivity (Wildman–Crippen MR) is 90.4 cm³/mol. The zero-order chi connectivity index (χ0) is 17.3. The van der Waals surface area contributed by atoms with Crippen LogP contribution in [0.4, 0.5) is 4.39 Å². The van der Waals surface area contributed by atoms with Gasteiger partial charge in [0.2, 0.25) is 0 Å². The van der Waals surface area contributed by atoms with Crippen molar-refractivity contribution in [1.29, 1.82) is 0 Å². The highest BCUT2D eigenvalue weighted by Crippen LogP contribution is 2.19. The second kappa shape index (κ2) is 6.39. The number of carbonyl (C=O) groups excluding carboxylic acids is 1. The summed E-state index contributed by atoms with van der Waals surface area (Å²) in [4.78, 5) is 16.9. The molecule has 124 valence electrons. The first-order valence-electron chi connectivity index (χ1n) is 7.79. The molecule has 0 saturated heterocycles. The van der Waals surface area contributed by atoms with Crippen molar-refractivity contribution in [2.75, 3.05) is 6.54 Å². The van der Waals surface area contributed by atoms with Crippen molar-refractivity contribution in [1.82, 2.24) is 20.1 Å². The lowest BCUT2D eigenvalue weighted by Crippen LogP contribution is -2.26. The van der Waals surface area contributed by atoms with Gasteiger partial charge in [0.05, 0.1) is 17.0 Å². The maximum atomic E-state index is 12.9. The van der Waals surface area contributed by atoms with Crippen molar-refractivity contribution in [3.8, 4) is 0 Å². The highest BCUT2D eigenvalue weighted by molar-refractivity contribution is 5.98. The fourth-order valence-corrected chi connectivity index (χ4v) is 2.73. The first kappa shape index (κ1) is 16.1. The molecule has 1 N–H and O–H groups in total. The van der Waals surface area contributed by atoms with Crippen LogP contribution in [0.1, 0.15) is 27.3 Å². The molecule has 0 saturated carbocycles. The third kappa shape index (κ3) is 3.13. The summed E-state index contributed by atoms with van der Waals surface area (Å²) in [6.45, 7) is 4.19. The summed E-state index contributed by atoms with van der Waals surface area (Å²) < 4.78 is 14.6. The van der Waals surface area contributed by atoms with Gasteiger partial charge in [-0.1, -0.05) is 12.1 Å². The Bertz CT molecular complexity index is 900. The topological polar surface area (TPSA) is 59.8 Å². The molecule has 0 fully saturated rings. The smallest absolute Gasteiger partial charge is 0.253 e. The van der Waals surface area contributed by atoms with Crippen LogP contribution in [0, 0.1) is 19.7 Å². The number of hydrogen-bond acceptors (Lipinski definition) is 3. The van der Waals surface area contributed by atoms with Crippen LogP contribution in [0.3, 0.4) is 0 Å². The number of aromatic nitrogens is 3. The number of carbonyl (C=O) groups is 1. The third-order valence-corrected chi connectivity index (χ3v) is 4.05. The molecule has 0 spiro atoms. The van der Waals surface area contributed by atoms with Crippen LogP contribution < -0.4 is 5.32 Å². The maximum absolute atomic E-state index is 12.9. The Morgan fingerprint density at radius 1 is 1.21 bits per heavy atom. The van der Waals surface area contributed by atoms with Crippen molar-refractivity contribution in [2.24, 2.45) is 7.05 Å². The van der Waals surface area contributed by atoms with Crippen molar-refractivity contribution >= 4 is 16.9 Å². The van der Waals surface area contributed by atoms with Crippen molar-refractivity contribution in [3.05, 3.63) is 58.7 Å². The zero-order valence-corrected chi connectivity index (χ0v) is 13.9. The minimum absolute atomic E-state index is 0.160. The number of aryl methyl sites for hydroxylation is 3. The average molecular weight is 326 g/mol. The molecule has 0 aliphatic rings. The van der Waals surface area contributed by atoms with E-state index in [0.29, 0.717) is 24.2 Å². The fourth-order valence-electron chi connectivity index (χ4n) is 2.73. The van der Waals surface area contributed by atoms with E-state index in [-0.39, 0.29) is 11.7 Å². The summed E-state index contributed by atoms with van der Waals surface area (Å²) in [7, 11) is 1.84. The van der Waals surface area contributed by atoms with Gasteiger partial charge in [0.25, 0.3) is 5.91 Å². The van der Waals surface area contributed by atoms with E-state index in [1.54, 1.807) is 16.8 Å². The Balaban J connectivity index is 1.72. The lowest BCUT2D eigenvalue weighted by Gasteiger charge is -2.08. The number of nitrogens with one attached hydrogen (secondary N) is 1. The Morgan fingerprint density at radius 3 is 2.62 bits per heavy atom. The number of amides is 1. The highest BCUT2D eigenvalue weighted by atomic mass is 19.1. The van der Waals surface area contributed by atoms with Gasteiger partial charge in [0.15, 0.2) is 5.65 Å². The Hall–Kier alpha value is -2.76. The molecule has 1 amide bonds. The Kier molecular flexibility index (Phi) is 4.29. The molecular formula is C18H19FN4O. The summed E-state index contributed by atoms with van der Waals surface area (Å²) >= 11 is 0. The summed E-state index contributed by atoms with van der Waals surface area (Å²) in [5, 5.41) is 8.11. The summed E-state index contributed by atoms with van der Waals surface area (Å²) in [6.07, 6.45) is 0.645. The first-order chi connectivity index (χ1) is 11.5. The van der Waals surface area contributed by atoms with Crippen molar-refractivity contribution in [2.45, 2.75) is 20.3 Å². The van der Waals surface area contributed by atoms with Crippen LogP contribution in [-0.2, 0) is 13.5 Å². The molecule has 24 heavy (non-hydrogen) atoms. The van der Waals surface area contributed by atoms with Gasteiger partial charge in [-0.25, -0.2) is 9.37 Å². The number of rotatable bonds is 4. The first-order valence-corrected chi connectivity index (χ1v) is 7.79. The Labute approximate surface area is 139 Å². The molecule has 0 radical (unpaired) electrons. The number of benzene rings is 1. The molecule has 6 heteroatoms. The molecule has 0 bridgehead atoms. The Morgan fingerprint density at radius 2 is 1.92 bits per heavy atom. The van der Waals surface area contributed by atoms with E-state index >= 15 is 0 Å². The number of pyridine rings is 1. The molecule has 3 rings (SSSR count). The SMILES string of the molecule is Cc1nc2c(cc1C(=O)NCCc1ccc(F)cc1)c(C)nn2C. The molecule has 1 aromatic carbocycles. The van der Waals surface area contributed by atoms with Crippen LogP contribution in [0.25, 0.3) is 11.0 Å². The number of halogens is 1. The van der Waals surface area contributed by atoms with Crippen LogP contribution in [-0.4, -0.2) is 27.2 Å². The number of hydrogen-bond donors (Lipinski definition) is 1.